The molecule has 0 saturated carbocycles. The molecule has 0 N–H and O–H groups in total. The van der Waals surface area contributed by atoms with Crippen LogP contribution in [0.4, 0.5) is 0 Å². The molecular weight excluding hydrogens is 977 g/mol. The van der Waals surface area contributed by atoms with Crippen LogP contribution < -0.4 is 5.19 Å². The Balaban J connectivity index is 0.000000232. The van der Waals surface area contributed by atoms with Crippen LogP contribution in [-0.2, 0) is 20.1 Å². The molecule has 0 bridgehead atoms. The Morgan fingerprint density at radius 2 is 1.31 bits per heavy atom. The number of rotatable bonds is 8. The van der Waals surface area contributed by atoms with E-state index in [0.29, 0.717) is 0 Å². The standard InChI is InChI=1S/C40H32N3O.C17H22NSi.Ir/c1-24(2)33-21-28(26-13-6-5-7-14-26)22-34(25(3)4)37(33)43-39(42-36-29-16-9-8-15-27(29)23-41-40(36)43)32-19-12-18-31-30-17-10-11-20-35(30)44-38(31)32;1-13(2)15-11-16(14-9-7-6-8-10-14)18-12-17(15)19(3,4)5;/h5-18,20-25H,1-4H3;6-9,11-13H,1-5H3;/q2*-1;/i;13D;. The van der Waals surface area contributed by atoms with Crippen molar-refractivity contribution < 1.29 is 25.9 Å². The number of aromatic nitrogens is 4. The van der Waals surface area contributed by atoms with E-state index in [1.165, 1.54) is 27.4 Å². The molecule has 10 rings (SSSR count). The third kappa shape index (κ3) is 8.41. The monoisotopic (exact) mass is 1030 g/mol. The first-order valence-electron chi connectivity index (χ1n) is 22.5. The van der Waals surface area contributed by atoms with Crippen LogP contribution in [0, 0.1) is 12.1 Å². The second-order valence-electron chi connectivity index (χ2n) is 18.3. The van der Waals surface area contributed by atoms with Crippen LogP contribution >= 0.6 is 0 Å². The Morgan fingerprint density at radius 1 is 0.641 bits per heavy atom. The molecule has 0 aliphatic rings. The van der Waals surface area contributed by atoms with E-state index < -0.39 is 14.0 Å². The molecule has 4 aromatic heterocycles. The Morgan fingerprint density at radius 3 is 1.98 bits per heavy atom. The molecule has 0 aliphatic heterocycles. The molecule has 0 atom stereocenters. The van der Waals surface area contributed by atoms with Gasteiger partial charge >= 0.3 is 0 Å². The summed E-state index contributed by atoms with van der Waals surface area (Å²) in [5, 5.41) is 5.56. The predicted molar refractivity (Wildman–Crippen MR) is 267 cm³/mol. The largest absolute Gasteiger partial charge is 0.501 e. The number of hydrogen-bond acceptors (Lipinski definition) is 4. The molecule has 323 valence electrons. The molecule has 64 heavy (non-hydrogen) atoms. The molecule has 0 spiro atoms. The first kappa shape index (κ1) is 43.3. The number of benzene rings is 6. The SMILES string of the molecule is CC(C)c1cc(-c2ccccc2)cc(C(C)C)c1-n1c(-c2[c-]ccc3c2oc2ccccc23)nc2c3ccccc3cnc21.[2H]C(C)(C)c1cc(-c2[c-]cccc2)ncc1[Si](C)(C)C.[Ir]. The molecule has 6 aromatic carbocycles. The summed E-state index contributed by atoms with van der Waals surface area (Å²) in [7, 11) is -1.50. The fraction of sp³-hybridized carbons (Fsp3) is 0.211. The van der Waals surface area contributed by atoms with Crippen LogP contribution in [0.25, 0.3) is 83.3 Å². The molecule has 7 heteroatoms. The number of nitrogens with zero attached hydrogens (tertiary/aromatic N) is 4. The third-order valence-corrected chi connectivity index (χ3v) is 14.0. The summed E-state index contributed by atoms with van der Waals surface area (Å²) in [4.78, 5) is 15.1. The molecule has 4 heterocycles. The van der Waals surface area contributed by atoms with Gasteiger partial charge in [0.1, 0.15) is 11.1 Å². The summed E-state index contributed by atoms with van der Waals surface area (Å²) in [5.74, 6) is 0.679. The fourth-order valence-corrected chi connectivity index (χ4v) is 10.3. The van der Waals surface area contributed by atoms with Crippen molar-refractivity contribution in [1.82, 2.24) is 19.5 Å². The maximum absolute atomic E-state index is 8.44. The normalized spacial score (nSPS) is 12.2. The van der Waals surface area contributed by atoms with Crippen LogP contribution in [0.1, 0.15) is 77.3 Å². The van der Waals surface area contributed by atoms with Crippen molar-refractivity contribution in [2.45, 2.75) is 78.9 Å². The molecule has 10 aromatic rings. The number of furan rings is 1. The van der Waals surface area contributed by atoms with Gasteiger partial charge in [0.05, 0.1) is 19.5 Å². The van der Waals surface area contributed by atoms with Gasteiger partial charge in [-0.05, 0) is 69.1 Å². The number of fused-ring (bicyclic) bond motifs is 6. The summed E-state index contributed by atoms with van der Waals surface area (Å²) in [6, 6.07) is 52.6. The van der Waals surface area contributed by atoms with Crippen molar-refractivity contribution >= 4 is 57.1 Å². The molecule has 0 aliphatic carbocycles. The van der Waals surface area contributed by atoms with E-state index in [0.717, 1.165) is 77.8 Å². The average molecular weight is 1030 g/mol. The van der Waals surface area contributed by atoms with E-state index in [9.17, 15) is 0 Å². The van der Waals surface area contributed by atoms with Gasteiger partial charge < -0.3 is 14.0 Å². The van der Waals surface area contributed by atoms with E-state index >= 15 is 0 Å². The van der Waals surface area contributed by atoms with Gasteiger partial charge in [-0.25, -0.2) is 4.98 Å². The quantitative estimate of drug-likeness (QED) is 0.112. The summed E-state index contributed by atoms with van der Waals surface area (Å²) >= 11 is 0. The van der Waals surface area contributed by atoms with Crippen molar-refractivity contribution in [2.24, 2.45) is 0 Å². The van der Waals surface area contributed by atoms with Crippen LogP contribution in [-0.4, -0.2) is 27.6 Å². The predicted octanol–water partition coefficient (Wildman–Crippen LogP) is 15.1. The second-order valence-corrected chi connectivity index (χ2v) is 23.3. The Kier molecular flexibility index (Phi) is 12.3. The Bertz CT molecular complexity index is 3280. The number of para-hydroxylation sites is 1. The van der Waals surface area contributed by atoms with Crippen molar-refractivity contribution in [3.05, 3.63) is 175 Å². The zero-order chi connectivity index (χ0) is 44.9. The fourth-order valence-electron chi connectivity index (χ4n) is 8.69. The smallest absolute Gasteiger partial charge is 0.156 e. The van der Waals surface area contributed by atoms with Gasteiger partial charge in [0, 0.05) is 55.7 Å². The van der Waals surface area contributed by atoms with Crippen molar-refractivity contribution in [3.8, 4) is 39.5 Å². The number of imidazole rings is 1. The van der Waals surface area contributed by atoms with Gasteiger partial charge in [-0.3, -0.25) is 4.98 Å². The average Bonchev–Trinajstić information content (AvgIpc) is 3.88. The molecule has 1 radical (unpaired) electrons. The molecule has 0 fully saturated rings. The minimum absolute atomic E-state index is 0. The summed E-state index contributed by atoms with van der Waals surface area (Å²) in [6.07, 6.45) is 3.95. The molecule has 0 amide bonds. The number of pyridine rings is 2. The van der Waals surface area contributed by atoms with E-state index in [-0.39, 0.29) is 31.9 Å². The Labute approximate surface area is 393 Å². The topological polar surface area (TPSA) is 56.7 Å². The van der Waals surface area contributed by atoms with Crippen LogP contribution in [0.3, 0.4) is 0 Å². The molecule has 5 nitrogen and oxygen atoms in total. The molecular formula is C57H54IrN4OSi-2. The minimum atomic E-state index is -1.50. The van der Waals surface area contributed by atoms with Crippen molar-refractivity contribution in [2.75, 3.05) is 0 Å². The summed E-state index contributed by atoms with van der Waals surface area (Å²) in [5.41, 5.74) is 13.2. The summed E-state index contributed by atoms with van der Waals surface area (Å²) < 4.78 is 17.3. The zero-order valence-corrected chi connectivity index (χ0v) is 41.4. The van der Waals surface area contributed by atoms with Gasteiger partial charge in [-0.15, -0.1) is 54.1 Å². The first-order chi connectivity index (χ1) is 30.7. The van der Waals surface area contributed by atoms with Gasteiger partial charge in [0.2, 0.25) is 0 Å². The Hall–Kier alpha value is -5.98. The number of hydrogen-bond donors (Lipinski definition) is 0. The summed E-state index contributed by atoms with van der Waals surface area (Å²) in [6.45, 7) is 19.9. The van der Waals surface area contributed by atoms with E-state index in [1.54, 1.807) is 0 Å². The van der Waals surface area contributed by atoms with Crippen molar-refractivity contribution in [1.29, 1.82) is 0 Å². The molecule has 0 saturated heterocycles. The zero-order valence-electron chi connectivity index (χ0n) is 39.0. The third-order valence-electron chi connectivity index (χ3n) is 11.9. The van der Waals surface area contributed by atoms with Crippen LogP contribution in [0.15, 0.2) is 150 Å². The van der Waals surface area contributed by atoms with Crippen LogP contribution in [0.2, 0.25) is 19.6 Å². The maximum atomic E-state index is 8.44. The van der Waals surface area contributed by atoms with Gasteiger partial charge in [0.25, 0.3) is 0 Å². The molecule has 0 unspecified atom stereocenters. The van der Waals surface area contributed by atoms with Crippen molar-refractivity contribution in [3.63, 3.8) is 0 Å². The maximum Gasteiger partial charge on any atom is 0.156 e. The van der Waals surface area contributed by atoms with E-state index in [2.05, 4.69) is 154 Å². The van der Waals surface area contributed by atoms with E-state index in [1.807, 2.05) is 74.8 Å². The van der Waals surface area contributed by atoms with Crippen LogP contribution in [0.5, 0.6) is 0 Å². The van der Waals surface area contributed by atoms with E-state index in [4.69, 9.17) is 15.8 Å². The van der Waals surface area contributed by atoms with Gasteiger partial charge in [-0.2, -0.15) is 0 Å². The minimum Gasteiger partial charge on any atom is -0.501 e. The van der Waals surface area contributed by atoms with Gasteiger partial charge in [-0.1, -0.05) is 157 Å². The second kappa shape index (κ2) is 18.2. The first-order valence-corrected chi connectivity index (χ1v) is 25.5. The van der Waals surface area contributed by atoms with Gasteiger partial charge in [0.15, 0.2) is 5.65 Å².